The Morgan fingerprint density at radius 3 is 2.62 bits per heavy atom. The summed E-state index contributed by atoms with van der Waals surface area (Å²) >= 11 is 3.49. The molecule has 1 aliphatic heterocycles. The summed E-state index contributed by atoms with van der Waals surface area (Å²) in [5.74, 6) is 1.22. The fourth-order valence-corrected chi connectivity index (χ4v) is 2.69. The summed E-state index contributed by atoms with van der Waals surface area (Å²) < 4.78 is 25.7. The molecule has 110 valence electrons. The van der Waals surface area contributed by atoms with Crippen LogP contribution in [-0.2, 0) is 6.54 Å². The van der Waals surface area contributed by atoms with Crippen molar-refractivity contribution >= 4 is 21.6 Å². The lowest BCUT2D eigenvalue weighted by Gasteiger charge is -2.20. The Morgan fingerprint density at radius 2 is 1.86 bits per heavy atom. The van der Waals surface area contributed by atoms with Crippen LogP contribution in [0, 0.1) is 12.7 Å². The number of rotatable bonds is 3. The molecule has 0 radical (unpaired) electrons. The van der Waals surface area contributed by atoms with Gasteiger partial charge in [0.05, 0.1) is 5.69 Å². The van der Waals surface area contributed by atoms with E-state index in [1.54, 1.807) is 6.07 Å². The van der Waals surface area contributed by atoms with Gasteiger partial charge in [-0.2, -0.15) is 0 Å². The zero-order valence-electron chi connectivity index (χ0n) is 11.6. The third kappa shape index (κ3) is 3.13. The maximum Gasteiger partial charge on any atom is 0.163 e. The molecule has 0 saturated heterocycles. The minimum atomic E-state index is -0.207. The van der Waals surface area contributed by atoms with Gasteiger partial charge in [-0.05, 0) is 28.9 Å². The summed E-state index contributed by atoms with van der Waals surface area (Å²) in [5, 5.41) is 3.22. The van der Waals surface area contributed by atoms with E-state index >= 15 is 0 Å². The minimum Gasteiger partial charge on any atom is -0.486 e. The Kier molecular flexibility index (Phi) is 4.01. The van der Waals surface area contributed by atoms with Crippen LogP contribution in [0.1, 0.15) is 11.1 Å². The smallest absolute Gasteiger partial charge is 0.163 e. The molecule has 0 bridgehead atoms. The van der Waals surface area contributed by atoms with Gasteiger partial charge in [0, 0.05) is 28.7 Å². The van der Waals surface area contributed by atoms with Gasteiger partial charge in [0.15, 0.2) is 11.5 Å². The first kappa shape index (κ1) is 14.2. The van der Waals surface area contributed by atoms with Gasteiger partial charge >= 0.3 is 0 Å². The zero-order valence-corrected chi connectivity index (χ0v) is 13.2. The number of hydrogen-bond acceptors (Lipinski definition) is 3. The Hall–Kier alpha value is -1.75. The van der Waals surface area contributed by atoms with Gasteiger partial charge in [0.25, 0.3) is 0 Å². The van der Waals surface area contributed by atoms with Crippen molar-refractivity contribution in [2.75, 3.05) is 18.5 Å². The van der Waals surface area contributed by atoms with Crippen molar-refractivity contribution in [1.82, 2.24) is 0 Å². The molecule has 1 N–H and O–H groups in total. The highest BCUT2D eigenvalue weighted by Gasteiger charge is 2.15. The van der Waals surface area contributed by atoms with Crippen LogP contribution in [-0.4, -0.2) is 13.2 Å². The second-order valence-corrected chi connectivity index (χ2v) is 5.78. The molecular formula is C16H15BrFNO2. The van der Waals surface area contributed by atoms with Crippen LogP contribution < -0.4 is 14.8 Å². The summed E-state index contributed by atoms with van der Waals surface area (Å²) in [6.45, 7) is 3.45. The second-order valence-electron chi connectivity index (χ2n) is 4.92. The molecular weight excluding hydrogens is 337 g/mol. The first-order valence-corrected chi connectivity index (χ1v) is 7.51. The van der Waals surface area contributed by atoms with E-state index in [1.807, 2.05) is 25.1 Å². The Morgan fingerprint density at radius 1 is 1.14 bits per heavy atom. The highest BCUT2D eigenvalue weighted by atomic mass is 79.9. The predicted molar refractivity (Wildman–Crippen MR) is 83.6 cm³/mol. The van der Waals surface area contributed by atoms with Gasteiger partial charge in [0.2, 0.25) is 0 Å². The molecule has 5 heteroatoms. The van der Waals surface area contributed by atoms with Gasteiger partial charge in [0.1, 0.15) is 19.0 Å². The van der Waals surface area contributed by atoms with E-state index in [4.69, 9.17) is 9.47 Å². The van der Waals surface area contributed by atoms with Crippen LogP contribution in [0.25, 0.3) is 0 Å². The first-order chi connectivity index (χ1) is 10.1. The number of benzene rings is 2. The van der Waals surface area contributed by atoms with E-state index in [0.717, 1.165) is 21.5 Å². The van der Waals surface area contributed by atoms with Gasteiger partial charge in [-0.25, -0.2) is 4.39 Å². The summed E-state index contributed by atoms with van der Waals surface area (Å²) in [6.07, 6.45) is 0. The fraction of sp³-hybridized carbons (Fsp3) is 0.250. The number of fused-ring (bicyclic) bond motifs is 1. The molecule has 3 nitrogen and oxygen atoms in total. The predicted octanol–water partition coefficient (Wildman–Crippen LogP) is 4.28. The van der Waals surface area contributed by atoms with Crippen LogP contribution in [0.2, 0.25) is 0 Å². The van der Waals surface area contributed by atoms with Crippen LogP contribution in [0.5, 0.6) is 11.5 Å². The molecule has 0 saturated carbocycles. The number of hydrogen-bond donors (Lipinski definition) is 1. The van der Waals surface area contributed by atoms with Gasteiger partial charge in [-0.1, -0.05) is 17.7 Å². The van der Waals surface area contributed by atoms with E-state index in [2.05, 4.69) is 21.2 Å². The molecule has 1 heterocycles. The summed E-state index contributed by atoms with van der Waals surface area (Å²) in [5.41, 5.74) is 2.52. The second kappa shape index (κ2) is 5.93. The van der Waals surface area contributed by atoms with Crippen molar-refractivity contribution in [1.29, 1.82) is 0 Å². The minimum absolute atomic E-state index is 0.207. The lowest BCUT2D eigenvalue weighted by atomic mass is 10.1. The van der Waals surface area contributed by atoms with E-state index in [0.29, 0.717) is 31.1 Å². The molecule has 0 aromatic heterocycles. The molecule has 0 aliphatic carbocycles. The summed E-state index contributed by atoms with van der Waals surface area (Å²) in [6, 6.07) is 8.83. The molecule has 1 aliphatic rings. The molecule has 21 heavy (non-hydrogen) atoms. The Labute approximate surface area is 131 Å². The number of anilines is 1. The molecule has 0 spiro atoms. The maximum atomic E-state index is 13.7. The zero-order chi connectivity index (χ0) is 14.8. The van der Waals surface area contributed by atoms with Crippen molar-refractivity contribution in [3.8, 4) is 11.5 Å². The number of nitrogens with one attached hydrogen (secondary N) is 1. The van der Waals surface area contributed by atoms with Crippen LogP contribution in [0.3, 0.4) is 0 Å². The van der Waals surface area contributed by atoms with Crippen molar-refractivity contribution in [2.24, 2.45) is 0 Å². The fourth-order valence-electron chi connectivity index (χ4n) is 2.23. The Balaban J connectivity index is 1.80. The van der Waals surface area contributed by atoms with Crippen molar-refractivity contribution in [3.05, 3.63) is 51.7 Å². The molecule has 2 aromatic carbocycles. The largest absolute Gasteiger partial charge is 0.486 e. The van der Waals surface area contributed by atoms with Gasteiger partial charge in [-0.3, -0.25) is 0 Å². The topological polar surface area (TPSA) is 30.5 Å². The highest BCUT2D eigenvalue weighted by molar-refractivity contribution is 9.10. The summed E-state index contributed by atoms with van der Waals surface area (Å²) in [7, 11) is 0. The normalized spacial score (nSPS) is 13.1. The van der Waals surface area contributed by atoms with E-state index in [9.17, 15) is 4.39 Å². The quantitative estimate of drug-likeness (QED) is 0.895. The molecule has 2 aromatic rings. The van der Waals surface area contributed by atoms with E-state index < -0.39 is 0 Å². The summed E-state index contributed by atoms with van der Waals surface area (Å²) in [4.78, 5) is 0. The van der Waals surface area contributed by atoms with Gasteiger partial charge in [-0.15, -0.1) is 0 Å². The first-order valence-electron chi connectivity index (χ1n) is 6.71. The van der Waals surface area contributed by atoms with Gasteiger partial charge < -0.3 is 14.8 Å². The molecule has 0 fully saturated rings. The maximum absolute atomic E-state index is 13.7. The molecule has 0 unspecified atom stereocenters. The van der Waals surface area contributed by atoms with Crippen LogP contribution in [0.15, 0.2) is 34.8 Å². The molecule has 3 rings (SSSR count). The number of halogens is 2. The lowest BCUT2D eigenvalue weighted by molar-refractivity contribution is 0.171. The standard InChI is InChI=1S/C16H15BrFNO2/c1-10-2-3-13(18)11(6-10)9-19-14-8-16-15(7-12(14)17)20-4-5-21-16/h2-3,6-8,19H,4-5,9H2,1H3. The number of ether oxygens (including phenoxy) is 2. The lowest BCUT2D eigenvalue weighted by Crippen LogP contribution is -2.15. The number of aryl methyl sites for hydroxylation is 1. The molecule has 0 amide bonds. The SMILES string of the molecule is Cc1ccc(F)c(CNc2cc3c(cc2Br)OCCO3)c1. The average Bonchev–Trinajstić information content (AvgIpc) is 2.48. The average molecular weight is 352 g/mol. The van der Waals surface area contributed by atoms with Crippen molar-refractivity contribution < 1.29 is 13.9 Å². The van der Waals surface area contributed by atoms with Crippen LogP contribution >= 0.6 is 15.9 Å². The monoisotopic (exact) mass is 351 g/mol. The van der Waals surface area contributed by atoms with E-state index in [-0.39, 0.29) is 5.82 Å². The van der Waals surface area contributed by atoms with Crippen LogP contribution in [0.4, 0.5) is 10.1 Å². The molecule has 0 atom stereocenters. The Bertz CT molecular complexity index is 676. The van der Waals surface area contributed by atoms with Crippen molar-refractivity contribution in [3.63, 3.8) is 0 Å². The third-order valence-corrected chi connectivity index (χ3v) is 3.96. The third-order valence-electron chi connectivity index (χ3n) is 3.30. The van der Waals surface area contributed by atoms with Crippen molar-refractivity contribution in [2.45, 2.75) is 13.5 Å². The highest BCUT2D eigenvalue weighted by Crippen LogP contribution is 2.38. The van der Waals surface area contributed by atoms with E-state index in [1.165, 1.54) is 6.07 Å².